The maximum Gasteiger partial charge on any atom is 0.353 e. The fourth-order valence-electron chi connectivity index (χ4n) is 2.46. The van der Waals surface area contributed by atoms with Crippen LogP contribution in [0.2, 0.25) is 0 Å². The Morgan fingerprint density at radius 2 is 2.11 bits per heavy atom. The number of carbonyl (C=O) groups is 2. The smallest absolute Gasteiger partial charge is 0.353 e. The van der Waals surface area contributed by atoms with Crippen LogP contribution in [0.3, 0.4) is 0 Å². The van der Waals surface area contributed by atoms with Gasteiger partial charge in [0.2, 0.25) is 6.10 Å². The van der Waals surface area contributed by atoms with Crippen LogP contribution in [0.4, 0.5) is 0 Å². The summed E-state index contributed by atoms with van der Waals surface area (Å²) in [4.78, 5) is 29.6. The van der Waals surface area contributed by atoms with Crippen molar-refractivity contribution < 1.29 is 19.5 Å². The lowest BCUT2D eigenvalue weighted by Crippen LogP contribution is -2.46. The zero-order chi connectivity index (χ0) is 14.0. The lowest BCUT2D eigenvalue weighted by atomic mass is 9.78. The van der Waals surface area contributed by atoms with E-state index in [1.165, 1.54) is 0 Å². The van der Waals surface area contributed by atoms with Crippen molar-refractivity contribution in [3.63, 3.8) is 0 Å². The molecule has 0 aromatic rings. The number of rotatable bonds is 3. The van der Waals surface area contributed by atoms with Gasteiger partial charge in [-0.2, -0.15) is 0 Å². The van der Waals surface area contributed by atoms with Crippen LogP contribution >= 0.6 is 0 Å². The van der Waals surface area contributed by atoms with Gasteiger partial charge in [-0.3, -0.25) is 4.79 Å². The average molecular weight is 268 g/mol. The average Bonchev–Trinajstić information content (AvgIpc) is 2.88. The van der Waals surface area contributed by atoms with Gasteiger partial charge in [0, 0.05) is 19.5 Å². The molecule has 106 valence electrons. The van der Waals surface area contributed by atoms with Crippen LogP contribution in [0, 0.1) is 5.41 Å². The van der Waals surface area contributed by atoms with Gasteiger partial charge in [0.25, 0.3) is 5.91 Å². The molecule has 1 unspecified atom stereocenters. The van der Waals surface area contributed by atoms with Gasteiger partial charge >= 0.3 is 5.97 Å². The number of amides is 1. The number of nitrogens with zero attached hydrogens (tertiary/aromatic N) is 2. The fourth-order valence-corrected chi connectivity index (χ4v) is 2.46. The zero-order valence-electron chi connectivity index (χ0n) is 11.4. The molecular formula is C13H20N2O4. The highest BCUT2D eigenvalue weighted by Crippen LogP contribution is 2.34. The molecule has 6 nitrogen and oxygen atoms in total. The molecule has 0 radical (unpaired) electrons. The number of hydrogen-bond donors (Lipinski definition) is 1. The normalized spacial score (nSPS) is 25.7. The summed E-state index contributed by atoms with van der Waals surface area (Å²) in [6.45, 7) is 5.84. The monoisotopic (exact) mass is 268 g/mol. The molecule has 0 saturated carbocycles. The van der Waals surface area contributed by atoms with E-state index >= 15 is 0 Å². The van der Waals surface area contributed by atoms with Crippen LogP contribution in [0.1, 0.15) is 39.5 Å². The van der Waals surface area contributed by atoms with Gasteiger partial charge in [-0.1, -0.05) is 25.4 Å². The third kappa shape index (κ3) is 2.88. The largest absolute Gasteiger partial charge is 0.477 e. The van der Waals surface area contributed by atoms with Crippen molar-refractivity contribution in [1.82, 2.24) is 4.90 Å². The van der Waals surface area contributed by atoms with Gasteiger partial charge in [-0.05, 0) is 18.3 Å². The van der Waals surface area contributed by atoms with Gasteiger partial charge in [0.05, 0.1) is 0 Å². The lowest BCUT2D eigenvalue weighted by molar-refractivity contribution is -0.144. The van der Waals surface area contributed by atoms with E-state index < -0.39 is 12.1 Å². The van der Waals surface area contributed by atoms with E-state index in [1.54, 1.807) is 4.90 Å². The van der Waals surface area contributed by atoms with Crippen molar-refractivity contribution in [2.45, 2.75) is 45.6 Å². The molecule has 1 amide bonds. The number of hydrogen-bond acceptors (Lipinski definition) is 4. The molecule has 0 spiro atoms. The van der Waals surface area contributed by atoms with Crippen LogP contribution in [0.25, 0.3) is 0 Å². The van der Waals surface area contributed by atoms with Gasteiger partial charge in [0.15, 0.2) is 5.71 Å². The summed E-state index contributed by atoms with van der Waals surface area (Å²) in [5.74, 6) is -1.26. The lowest BCUT2D eigenvalue weighted by Gasteiger charge is -2.39. The number of carbonyl (C=O) groups excluding carboxylic acids is 1. The van der Waals surface area contributed by atoms with Crippen molar-refractivity contribution in [2.24, 2.45) is 10.6 Å². The first-order chi connectivity index (χ1) is 8.95. The zero-order valence-corrected chi connectivity index (χ0v) is 11.4. The Labute approximate surface area is 112 Å². The van der Waals surface area contributed by atoms with E-state index in [-0.39, 0.29) is 18.0 Å². The topological polar surface area (TPSA) is 79.2 Å². The molecule has 1 fully saturated rings. The van der Waals surface area contributed by atoms with E-state index in [1.807, 2.05) is 0 Å². The summed E-state index contributed by atoms with van der Waals surface area (Å²) in [5.41, 5.74) is 0.240. The number of carboxylic acid groups (broad SMARTS) is 1. The van der Waals surface area contributed by atoms with Crippen molar-refractivity contribution in [1.29, 1.82) is 0 Å². The molecule has 2 aliphatic rings. The molecule has 2 aliphatic heterocycles. The van der Waals surface area contributed by atoms with E-state index in [2.05, 4.69) is 19.0 Å². The van der Waals surface area contributed by atoms with Crippen LogP contribution in [-0.4, -0.2) is 46.8 Å². The Hall–Kier alpha value is -1.59. The van der Waals surface area contributed by atoms with Crippen LogP contribution in [-0.2, 0) is 14.4 Å². The van der Waals surface area contributed by atoms with Crippen molar-refractivity contribution in [2.75, 3.05) is 13.1 Å². The Balaban J connectivity index is 1.88. The first-order valence-corrected chi connectivity index (χ1v) is 6.70. The van der Waals surface area contributed by atoms with E-state index in [9.17, 15) is 9.59 Å². The number of aliphatic carboxylic acids is 1. The quantitative estimate of drug-likeness (QED) is 0.835. The van der Waals surface area contributed by atoms with Crippen molar-refractivity contribution in [3.05, 3.63) is 0 Å². The second kappa shape index (κ2) is 5.19. The first kappa shape index (κ1) is 13.8. The van der Waals surface area contributed by atoms with Crippen LogP contribution in [0.5, 0.6) is 0 Å². The summed E-state index contributed by atoms with van der Waals surface area (Å²) in [6, 6.07) is 0. The number of piperidine rings is 1. The SMILES string of the molecule is CCC1(C)CCN(C(=O)C2CC(C(=O)O)=NO2)CC1. The molecular weight excluding hydrogens is 248 g/mol. The molecule has 1 N–H and O–H groups in total. The van der Waals surface area contributed by atoms with E-state index in [4.69, 9.17) is 9.94 Å². The summed E-state index contributed by atoms with van der Waals surface area (Å²) in [5, 5.41) is 12.2. The minimum Gasteiger partial charge on any atom is -0.477 e. The summed E-state index contributed by atoms with van der Waals surface area (Å²) in [6.07, 6.45) is 2.39. The van der Waals surface area contributed by atoms with E-state index in [0.29, 0.717) is 18.5 Å². The highest BCUT2D eigenvalue weighted by atomic mass is 16.6. The molecule has 19 heavy (non-hydrogen) atoms. The van der Waals surface area contributed by atoms with Crippen molar-refractivity contribution in [3.8, 4) is 0 Å². The highest BCUT2D eigenvalue weighted by Gasteiger charge is 2.37. The summed E-state index contributed by atoms with van der Waals surface area (Å²) < 4.78 is 0. The van der Waals surface area contributed by atoms with Gasteiger partial charge in [-0.25, -0.2) is 4.79 Å². The number of oxime groups is 1. The molecule has 2 heterocycles. The molecule has 0 bridgehead atoms. The minimum absolute atomic E-state index is 0.0652. The highest BCUT2D eigenvalue weighted by molar-refractivity contribution is 6.36. The third-order valence-electron chi connectivity index (χ3n) is 4.33. The minimum atomic E-state index is -1.12. The Kier molecular flexibility index (Phi) is 3.78. The van der Waals surface area contributed by atoms with Crippen LogP contribution < -0.4 is 0 Å². The number of carboxylic acids is 1. The second-order valence-electron chi connectivity index (χ2n) is 5.63. The molecule has 6 heteroatoms. The second-order valence-corrected chi connectivity index (χ2v) is 5.63. The molecule has 1 atom stereocenters. The Bertz CT molecular complexity index is 411. The maximum absolute atomic E-state index is 12.2. The Morgan fingerprint density at radius 1 is 1.47 bits per heavy atom. The van der Waals surface area contributed by atoms with Gasteiger partial charge < -0.3 is 14.8 Å². The molecule has 2 rings (SSSR count). The summed E-state index contributed by atoms with van der Waals surface area (Å²) in [7, 11) is 0. The van der Waals surface area contributed by atoms with E-state index in [0.717, 1.165) is 19.3 Å². The predicted octanol–water partition coefficient (Wildman–Crippen LogP) is 1.25. The van der Waals surface area contributed by atoms with Crippen molar-refractivity contribution >= 4 is 17.6 Å². The standard InChI is InChI=1S/C13H20N2O4/c1-3-13(2)4-6-15(7-5-13)11(16)10-8-9(12(17)18)14-19-10/h10H,3-8H2,1-2H3,(H,17,18). The predicted molar refractivity (Wildman–Crippen MR) is 68.8 cm³/mol. The van der Waals surface area contributed by atoms with Gasteiger partial charge in [0.1, 0.15) is 0 Å². The molecule has 0 aliphatic carbocycles. The number of likely N-dealkylation sites (tertiary alicyclic amines) is 1. The fraction of sp³-hybridized carbons (Fsp3) is 0.769. The van der Waals surface area contributed by atoms with Crippen LogP contribution in [0.15, 0.2) is 5.16 Å². The van der Waals surface area contributed by atoms with Gasteiger partial charge in [-0.15, -0.1) is 0 Å². The maximum atomic E-state index is 12.2. The first-order valence-electron chi connectivity index (χ1n) is 6.70. The molecule has 0 aromatic heterocycles. The summed E-state index contributed by atoms with van der Waals surface area (Å²) >= 11 is 0. The Morgan fingerprint density at radius 3 is 2.58 bits per heavy atom. The molecule has 1 saturated heterocycles. The third-order valence-corrected chi connectivity index (χ3v) is 4.33. The molecule has 0 aromatic carbocycles.